The van der Waals surface area contributed by atoms with Crippen LogP contribution in [-0.2, 0) is 6.66 Å². The van der Waals surface area contributed by atoms with E-state index in [1.54, 1.807) is 10.2 Å². The van der Waals surface area contributed by atoms with Gasteiger partial charge >= 0.3 is 0 Å². The highest BCUT2D eigenvalue weighted by Gasteiger charge is 2.08. The fraction of sp³-hybridized carbons (Fsp3) is 0.200. The van der Waals surface area contributed by atoms with Crippen LogP contribution in [0.2, 0.25) is 0 Å². The third-order valence-corrected chi connectivity index (χ3v) is 5.50. The first kappa shape index (κ1) is 9.93. The summed E-state index contributed by atoms with van der Waals surface area (Å²) in [4.78, 5) is 0. The van der Waals surface area contributed by atoms with Crippen molar-refractivity contribution < 1.29 is 0 Å². The van der Waals surface area contributed by atoms with Crippen LogP contribution in [0, 0.1) is 13.8 Å². The molecule has 0 aliphatic heterocycles. The molecule has 0 aliphatic carbocycles. The molecular formula is C15H15P. The topological polar surface area (TPSA) is 0 Å². The van der Waals surface area contributed by atoms with Gasteiger partial charge in [-0.1, -0.05) is 35.4 Å². The van der Waals surface area contributed by atoms with Crippen LogP contribution in [0.5, 0.6) is 0 Å². The molecule has 0 saturated heterocycles. The first-order chi connectivity index (χ1) is 7.66. The van der Waals surface area contributed by atoms with Gasteiger partial charge in [-0.3, -0.25) is 0 Å². The van der Waals surface area contributed by atoms with Crippen molar-refractivity contribution in [2.75, 3.05) is 0 Å². The summed E-state index contributed by atoms with van der Waals surface area (Å²) in [5.74, 6) is 0. The van der Waals surface area contributed by atoms with Crippen LogP contribution in [-0.4, -0.2) is 0 Å². The van der Waals surface area contributed by atoms with E-state index in [1.165, 1.54) is 21.9 Å². The van der Waals surface area contributed by atoms with E-state index in [0.717, 1.165) is 0 Å². The number of fused-ring (bicyclic) bond motifs is 3. The van der Waals surface area contributed by atoms with E-state index in [2.05, 4.69) is 56.9 Å². The third kappa shape index (κ3) is 1.30. The molecule has 0 amide bonds. The predicted molar refractivity (Wildman–Crippen MR) is 74.6 cm³/mol. The predicted octanol–water partition coefficient (Wildman–Crippen LogP) is 5.13. The molecule has 3 aromatic rings. The van der Waals surface area contributed by atoms with E-state index >= 15 is 0 Å². The van der Waals surface area contributed by atoms with Crippen molar-refractivity contribution in [3.63, 3.8) is 0 Å². The largest absolute Gasteiger partial charge is 0.112 e. The van der Waals surface area contributed by atoms with Crippen molar-refractivity contribution in [2.24, 2.45) is 6.66 Å². The Bertz CT molecular complexity index is 630. The lowest BCUT2D eigenvalue weighted by molar-refractivity contribution is 1.51. The lowest BCUT2D eigenvalue weighted by atomic mass is 10.1. The highest BCUT2D eigenvalue weighted by atomic mass is 31.1. The minimum absolute atomic E-state index is 0.129. The van der Waals surface area contributed by atoms with Gasteiger partial charge in [-0.15, -0.1) is 7.53 Å². The van der Waals surface area contributed by atoms with E-state index in [4.69, 9.17) is 0 Å². The zero-order chi connectivity index (χ0) is 11.3. The van der Waals surface area contributed by atoms with Crippen molar-refractivity contribution in [3.8, 4) is 0 Å². The molecule has 0 saturated carbocycles. The molecule has 0 radical (unpaired) electrons. The van der Waals surface area contributed by atoms with E-state index in [-0.39, 0.29) is 7.53 Å². The Kier molecular flexibility index (Phi) is 2.09. The van der Waals surface area contributed by atoms with Gasteiger partial charge in [0.05, 0.1) is 0 Å². The van der Waals surface area contributed by atoms with Crippen molar-refractivity contribution in [1.82, 2.24) is 0 Å². The lowest BCUT2D eigenvalue weighted by Gasteiger charge is -1.95. The Labute approximate surface area is 97.0 Å². The Morgan fingerprint density at radius 3 is 1.62 bits per heavy atom. The number of aryl methyl sites for hydroxylation is 3. The highest BCUT2D eigenvalue weighted by molar-refractivity contribution is 7.59. The molecule has 0 aliphatic rings. The Morgan fingerprint density at radius 2 is 1.19 bits per heavy atom. The molecule has 0 bridgehead atoms. The fourth-order valence-corrected chi connectivity index (χ4v) is 4.59. The summed E-state index contributed by atoms with van der Waals surface area (Å²) in [5, 5.41) is 6.01. The summed E-state index contributed by atoms with van der Waals surface area (Å²) in [5.41, 5.74) is 2.75. The molecule has 1 heterocycles. The molecule has 80 valence electrons. The van der Waals surface area contributed by atoms with Gasteiger partial charge in [0.25, 0.3) is 0 Å². The molecule has 0 fully saturated rings. The normalized spacial score (nSPS) is 11.4. The second-order valence-electron chi connectivity index (χ2n) is 4.60. The molecule has 0 unspecified atom stereocenters. The van der Waals surface area contributed by atoms with Gasteiger partial charge in [0.2, 0.25) is 0 Å². The van der Waals surface area contributed by atoms with Crippen molar-refractivity contribution in [2.45, 2.75) is 13.8 Å². The van der Waals surface area contributed by atoms with Crippen LogP contribution in [0.15, 0.2) is 36.4 Å². The van der Waals surface area contributed by atoms with E-state index in [1.807, 2.05) is 0 Å². The fourth-order valence-electron chi connectivity index (χ4n) is 2.42. The first-order valence-corrected chi connectivity index (χ1v) is 7.41. The Hall–Kier alpha value is -1.26. The van der Waals surface area contributed by atoms with Crippen molar-refractivity contribution >= 4 is 28.5 Å². The first-order valence-electron chi connectivity index (χ1n) is 5.62. The van der Waals surface area contributed by atoms with Gasteiger partial charge in [0.15, 0.2) is 0 Å². The Balaban J connectivity index is 2.59. The standard InChI is InChI=1S/C15H15P/c1-10-4-6-12-13-7-5-11(2)9-15(13)16(3)14(12)8-10/h4-9H,1-3H3. The lowest BCUT2D eigenvalue weighted by Crippen LogP contribution is -1.71. The number of hydrogen-bond donors (Lipinski definition) is 0. The van der Waals surface area contributed by atoms with Gasteiger partial charge in [0.1, 0.15) is 0 Å². The number of rotatable bonds is 0. The van der Waals surface area contributed by atoms with Crippen LogP contribution >= 0.6 is 7.53 Å². The van der Waals surface area contributed by atoms with Gasteiger partial charge in [-0.05, 0) is 43.4 Å². The van der Waals surface area contributed by atoms with Crippen LogP contribution in [0.4, 0.5) is 0 Å². The van der Waals surface area contributed by atoms with Crippen LogP contribution in [0.25, 0.3) is 21.0 Å². The minimum Gasteiger partial charge on any atom is -0.112 e. The maximum absolute atomic E-state index is 2.37. The van der Waals surface area contributed by atoms with Gasteiger partial charge in [-0.2, -0.15) is 0 Å². The summed E-state index contributed by atoms with van der Waals surface area (Å²) in [7, 11) is -0.129. The maximum atomic E-state index is 2.37. The summed E-state index contributed by atoms with van der Waals surface area (Å²) in [6, 6.07) is 13.7. The maximum Gasteiger partial charge on any atom is 0.00237 e. The molecule has 1 heteroatoms. The van der Waals surface area contributed by atoms with Crippen LogP contribution in [0.1, 0.15) is 11.1 Å². The number of benzene rings is 2. The second kappa shape index (κ2) is 3.37. The molecule has 0 atom stereocenters. The number of hydrogen-bond acceptors (Lipinski definition) is 0. The van der Waals surface area contributed by atoms with Gasteiger partial charge < -0.3 is 0 Å². The second-order valence-corrected chi connectivity index (χ2v) is 6.68. The highest BCUT2D eigenvalue weighted by Crippen LogP contribution is 2.47. The molecule has 1 aromatic heterocycles. The summed E-state index contributed by atoms with van der Waals surface area (Å²) < 4.78 is 0. The molecule has 0 N–H and O–H groups in total. The summed E-state index contributed by atoms with van der Waals surface area (Å²) in [6.07, 6.45) is 0. The molecular weight excluding hydrogens is 211 g/mol. The van der Waals surface area contributed by atoms with Crippen molar-refractivity contribution in [1.29, 1.82) is 0 Å². The molecule has 2 aromatic carbocycles. The van der Waals surface area contributed by atoms with E-state index in [0.29, 0.717) is 0 Å². The quantitative estimate of drug-likeness (QED) is 0.498. The minimum atomic E-state index is -0.129. The van der Waals surface area contributed by atoms with E-state index < -0.39 is 0 Å². The zero-order valence-electron chi connectivity index (χ0n) is 9.91. The monoisotopic (exact) mass is 226 g/mol. The van der Waals surface area contributed by atoms with Gasteiger partial charge in [-0.25, -0.2) is 0 Å². The Morgan fingerprint density at radius 1 is 0.750 bits per heavy atom. The van der Waals surface area contributed by atoms with Crippen LogP contribution in [0.3, 0.4) is 0 Å². The zero-order valence-corrected chi connectivity index (χ0v) is 10.8. The SMILES string of the molecule is Cc1ccc2c3ccc(C)cc3p(C)c2c1. The van der Waals surface area contributed by atoms with E-state index in [9.17, 15) is 0 Å². The molecule has 3 rings (SSSR count). The van der Waals surface area contributed by atoms with Crippen molar-refractivity contribution in [3.05, 3.63) is 47.5 Å². The van der Waals surface area contributed by atoms with Gasteiger partial charge in [0, 0.05) is 10.2 Å². The molecule has 0 spiro atoms. The summed E-state index contributed by atoms with van der Waals surface area (Å²) in [6.45, 7) is 6.73. The summed E-state index contributed by atoms with van der Waals surface area (Å²) >= 11 is 0. The molecule has 16 heavy (non-hydrogen) atoms. The average Bonchev–Trinajstić information content (AvgIpc) is 2.53. The molecule has 0 nitrogen and oxygen atoms in total. The average molecular weight is 226 g/mol. The van der Waals surface area contributed by atoms with Crippen LogP contribution < -0.4 is 0 Å². The smallest absolute Gasteiger partial charge is 0.00237 e. The third-order valence-electron chi connectivity index (χ3n) is 3.32.